The average Bonchev–Trinajstić information content (AvgIpc) is 2.93. The van der Waals surface area contributed by atoms with Gasteiger partial charge in [0, 0.05) is 19.2 Å². The largest absolute Gasteiger partial charge is 0.489 e. The smallest absolute Gasteiger partial charge is 0.231 e. The Kier molecular flexibility index (Phi) is 4.90. The van der Waals surface area contributed by atoms with E-state index in [0.29, 0.717) is 29.7 Å². The summed E-state index contributed by atoms with van der Waals surface area (Å²) >= 11 is 6.34. The topological polar surface area (TPSA) is 38.8 Å². The lowest BCUT2D eigenvalue weighted by molar-refractivity contribution is -0.117. The quantitative estimate of drug-likeness (QED) is 0.650. The number of nitrogens with zero attached hydrogens (tertiary/aromatic N) is 1. The maximum atomic E-state index is 12.8. The molecule has 0 spiro atoms. The predicted octanol–water partition coefficient (Wildman–Crippen LogP) is 4.86. The molecule has 1 aliphatic rings. The van der Waals surface area contributed by atoms with Crippen LogP contribution in [0, 0.1) is 0 Å². The monoisotopic (exact) mass is 381 g/mol. The van der Waals surface area contributed by atoms with Crippen LogP contribution in [0.1, 0.15) is 12.0 Å². The number of hydrogen-bond acceptors (Lipinski definition) is 3. The second-order valence-corrected chi connectivity index (χ2v) is 7.02. The molecule has 0 aliphatic carbocycles. The van der Waals surface area contributed by atoms with Crippen LogP contribution in [-0.2, 0) is 11.2 Å². The zero-order valence-corrected chi connectivity index (χ0v) is 15.8. The molecule has 0 unspecified atom stereocenters. The number of fused-ring (bicyclic) bond motifs is 2. The van der Waals surface area contributed by atoms with Crippen LogP contribution in [0.15, 0.2) is 54.6 Å². The fourth-order valence-electron chi connectivity index (χ4n) is 3.21. The number of anilines is 1. The molecular formula is C22H20ClNO3. The van der Waals surface area contributed by atoms with E-state index in [1.54, 1.807) is 18.0 Å². The average molecular weight is 382 g/mol. The lowest BCUT2D eigenvalue weighted by Gasteiger charge is -2.19. The van der Waals surface area contributed by atoms with E-state index in [1.165, 1.54) is 0 Å². The molecule has 1 aliphatic heterocycles. The van der Waals surface area contributed by atoms with Crippen LogP contribution in [-0.4, -0.2) is 26.2 Å². The summed E-state index contributed by atoms with van der Waals surface area (Å²) in [7, 11) is 1.79. The molecule has 0 atom stereocenters. The van der Waals surface area contributed by atoms with Crippen molar-refractivity contribution in [3.8, 4) is 11.5 Å². The van der Waals surface area contributed by atoms with E-state index in [2.05, 4.69) is 6.07 Å². The summed E-state index contributed by atoms with van der Waals surface area (Å²) in [5.41, 5.74) is 1.67. The third kappa shape index (κ3) is 3.71. The van der Waals surface area contributed by atoms with E-state index >= 15 is 0 Å². The van der Waals surface area contributed by atoms with Crippen molar-refractivity contribution < 1.29 is 14.3 Å². The molecule has 3 aromatic carbocycles. The molecule has 0 fully saturated rings. The van der Waals surface area contributed by atoms with Crippen LogP contribution in [0.25, 0.3) is 10.8 Å². The van der Waals surface area contributed by atoms with Crippen LogP contribution >= 0.6 is 11.6 Å². The van der Waals surface area contributed by atoms with Crippen molar-refractivity contribution in [2.24, 2.45) is 0 Å². The molecule has 4 rings (SSSR count). The lowest BCUT2D eigenvalue weighted by atomic mass is 10.1. The second kappa shape index (κ2) is 7.49. The Morgan fingerprint density at radius 1 is 1.04 bits per heavy atom. The molecule has 27 heavy (non-hydrogen) atoms. The van der Waals surface area contributed by atoms with Gasteiger partial charge in [0.05, 0.1) is 24.7 Å². The van der Waals surface area contributed by atoms with Gasteiger partial charge in [-0.05, 0) is 40.6 Å². The highest BCUT2D eigenvalue weighted by Crippen LogP contribution is 2.38. The number of rotatable bonds is 3. The SMILES string of the molecule is CN(C(=O)Cc1cc(Cl)c2c(c1)OCCCO2)c1ccc2ccccc2c1. The summed E-state index contributed by atoms with van der Waals surface area (Å²) in [6.45, 7) is 1.16. The summed E-state index contributed by atoms with van der Waals surface area (Å²) in [5, 5.41) is 2.73. The van der Waals surface area contributed by atoms with Crippen LogP contribution in [0.3, 0.4) is 0 Å². The summed E-state index contributed by atoms with van der Waals surface area (Å²) in [6, 6.07) is 17.7. The zero-order valence-electron chi connectivity index (χ0n) is 15.1. The van der Waals surface area contributed by atoms with Gasteiger partial charge in [0.2, 0.25) is 5.91 Å². The lowest BCUT2D eigenvalue weighted by Crippen LogP contribution is -2.27. The Labute approximate surface area is 163 Å². The minimum Gasteiger partial charge on any atom is -0.489 e. The van der Waals surface area contributed by atoms with Gasteiger partial charge in [-0.2, -0.15) is 0 Å². The Hall–Kier alpha value is -2.72. The van der Waals surface area contributed by atoms with E-state index < -0.39 is 0 Å². The van der Waals surface area contributed by atoms with Gasteiger partial charge < -0.3 is 14.4 Å². The van der Waals surface area contributed by atoms with E-state index in [1.807, 2.05) is 42.5 Å². The molecule has 4 nitrogen and oxygen atoms in total. The van der Waals surface area contributed by atoms with E-state index in [0.717, 1.165) is 28.4 Å². The molecule has 1 amide bonds. The molecule has 0 bridgehead atoms. The van der Waals surface area contributed by atoms with Crippen LogP contribution < -0.4 is 14.4 Å². The summed E-state index contributed by atoms with van der Waals surface area (Å²) in [4.78, 5) is 14.5. The first kappa shape index (κ1) is 17.7. The first-order valence-corrected chi connectivity index (χ1v) is 9.33. The highest BCUT2D eigenvalue weighted by molar-refractivity contribution is 6.32. The predicted molar refractivity (Wildman–Crippen MR) is 108 cm³/mol. The van der Waals surface area contributed by atoms with E-state index in [-0.39, 0.29) is 12.3 Å². The molecule has 0 saturated heterocycles. The van der Waals surface area contributed by atoms with Crippen molar-refractivity contribution in [1.29, 1.82) is 0 Å². The number of carbonyl (C=O) groups is 1. The number of carbonyl (C=O) groups excluding carboxylic acids is 1. The number of benzene rings is 3. The van der Waals surface area contributed by atoms with Crippen molar-refractivity contribution in [2.75, 3.05) is 25.2 Å². The molecular weight excluding hydrogens is 362 g/mol. The Balaban J connectivity index is 1.56. The van der Waals surface area contributed by atoms with Gasteiger partial charge >= 0.3 is 0 Å². The zero-order chi connectivity index (χ0) is 18.8. The Bertz CT molecular complexity index is 1000. The molecule has 3 aromatic rings. The highest BCUT2D eigenvalue weighted by Gasteiger charge is 2.18. The first-order valence-electron chi connectivity index (χ1n) is 8.95. The standard InChI is InChI=1S/C22H20ClNO3/c1-24(18-8-7-16-5-2-3-6-17(16)14-18)21(25)13-15-11-19(23)22-20(12-15)26-9-4-10-27-22/h2-3,5-8,11-12,14H,4,9-10,13H2,1H3. The second-order valence-electron chi connectivity index (χ2n) is 6.62. The van der Waals surface area contributed by atoms with Crippen molar-refractivity contribution in [3.05, 3.63) is 65.2 Å². The fraction of sp³-hybridized carbons (Fsp3) is 0.227. The van der Waals surface area contributed by atoms with Crippen LogP contribution in [0.5, 0.6) is 11.5 Å². The number of hydrogen-bond donors (Lipinski definition) is 0. The van der Waals surface area contributed by atoms with E-state index in [4.69, 9.17) is 21.1 Å². The van der Waals surface area contributed by atoms with E-state index in [9.17, 15) is 4.79 Å². The number of amides is 1. The van der Waals surface area contributed by atoms with Gasteiger partial charge in [-0.25, -0.2) is 0 Å². The summed E-state index contributed by atoms with van der Waals surface area (Å²) in [6.07, 6.45) is 1.05. The van der Waals surface area contributed by atoms with Crippen molar-refractivity contribution in [3.63, 3.8) is 0 Å². The van der Waals surface area contributed by atoms with Gasteiger partial charge in [0.15, 0.2) is 11.5 Å². The maximum absolute atomic E-state index is 12.8. The summed E-state index contributed by atoms with van der Waals surface area (Å²) < 4.78 is 11.4. The van der Waals surface area contributed by atoms with Gasteiger partial charge in [0.1, 0.15) is 0 Å². The van der Waals surface area contributed by atoms with Crippen molar-refractivity contribution >= 4 is 34.0 Å². The molecule has 1 heterocycles. The Morgan fingerprint density at radius 2 is 1.81 bits per heavy atom. The Morgan fingerprint density at radius 3 is 2.67 bits per heavy atom. The molecule has 0 saturated carbocycles. The maximum Gasteiger partial charge on any atom is 0.231 e. The van der Waals surface area contributed by atoms with Crippen LogP contribution in [0.2, 0.25) is 5.02 Å². The molecule has 5 heteroatoms. The van der Waals surface area contributed by atoms with Crippen molar-refractivity contribution in [2.45, 2.75) is 12.8 Å². The third-order valence-electron chi connectivity index (χ3n) is 4.71. The van der Waals surface area contributed by atoms with Gasteiger partial charge in [-0.1, -0.05) is 41.9 Å². The first-order chi connectivity index (χ1) is 13.1. The molecule has 0 radical (unpaired) electrons. The fourth-order valence-corrected chi connectivity index (χ4v) is 3.50. The van der Waals surface area contributed by atoms with Crippen molar-refractivity contribution in [1.82, 2.24) is 0 Å². The number of halogens is 1. The third-order valence-corrected chi connectivity index (χ3v) is 4.99. The normalized spacial score (nSPS) is 13.3. The van der Waals surface area contributed by atoms with Gasteiger partial charge in [-0.15, -0.1) is 0 Å². The van der Waals surface area contributed by atoms with Gasteiger partial charge in [-0.3, -0.25) is 4.79 Å². The number of likely N-dealkylation sites (N-methyl/N-ethyl adjacent to an activating group) is 1. The summed E-state index contributed by atoms with van der Waals surface area (Å²) in [5.74, 6) is 1.15. The van der Waals surface area contributed by atoms with Gasteiger partial charge in [0.25, 0.3) is 0 Å². The molecule has 0 N–H and O–H groups in total. The van der Waals surface area contributed by atoms with Crippen LogP contribution in [0.4, 0.5) is 5.69 Å². The minimum atomic E-state index is -0.0177. The minimum absolute atomic E-state index is 0.0177. The highest BCUT2D eigenvalue weighted by atomic mass is 35.5. The molecule has 0 aromatic heterocycles. The molecule has 138 valence electrons. The number of ether oxygens (including phenoxy) is 2.